The van der Waals surface area contributed by atoms with E-state index in [-0.39, 0.29) is 0 Å². The molecule has 0 amide bonds. The molecular weight excluding hydrogens is 363 g/mol. The van der Waals surface area contributed by atoms with E-state index in [9.17, 15) is 4.39 Å². The highest BCUT2D eigenvalue weighted by molar-refractivity contribution is 9.10. The summed E-state index contributed by atoms with van der Waals surface area (Å²) in [7, 11) is 1.54. The molecule has 2 N–H and O–H groups in total. The Kier molecular flexibility index (Phi) is 4.20. The van der Waals surface area contributed by atoms with Gasteiger partial charge in [0.05, 0.1) is 23.5 Å². The summed E-state index contributed by atoms with van der Waals surface area (Å²) < 4.78 is 19.8. The fourth-order valence-corrected chi connectivity index (χ4v) is 2.48. The predicted molar refractivity (Wildman–Crippen MR) is 89.3 cm³/mol. The molecule has 3 aromatic heterocycles. The molecule has 116 valence electrons. The molecule has 0 saturated heterocycles. The molecule has 5 nitrogen and oxygen atoms in total. The molecule has 0 aliphatic carbocycles. The van der Waals surface area contributed by atoms with Gasteiger partial charge in [-0.15, -0.1) is 0 Å². The molecule has 0 aliphatic rings. The highest BCUT2D eigenvalue weighted by Crippen LogP contribution is 2.35. The van der Waals surface area contributed by atoms with E-state index >= 15 is 0 Å². The Balaban J connectivity index is 2.23. The van der Waals surface area contributed by atoms with E-state index in [1.165, 1.54) is 13.3 Å². The molecule has 3 aromatic rings. The molecule has 0 atom stereocenters. The molecule has 0 saturated carbocycles. The molecule has 0 aromatic carbocycles. The summed E-state index contributed by atoms with van der Waals surface area (Å²) in [4.78, 5) is 12.3. The number of nitrogens with two attached hydrogens (primary N) is 1. The molecule has 3 heterocycles. The fourth-order valence-electron chi connectivity index (χ4n) is 2.16. The van der Waals surface area contributed by atoms with Gasteiger partial charge in [-0.1, -0.05) is 0 Å². The quantitative estimate of drug-likeness (QED) is 0.756. The zero-order valence-corrected chi connectivity index (χ0v) is 13.7. The van der Waals surface area contributed by atoms with E-state index in [0.717, 1.165) is 6.20 Å². The molecule has 3 rings (SSSR count). The molecule has 7 heteroatoms. The van der Waals surface area contributed by atoms with Crippen molar-refractivity contribution in [1.82, 2.24) is 15.0 Å². The van der Waals surface area contributed by atoms with Crippen molar-refractivity contribution in [2.75, 3.05) is 12.8 Å². The summed E-state index contributed by atoms with van der Waals surface area (Å²) in [5, 5.41) is 0. The third-order valence-corrected chi connectivity index (χ3v) is 3.92. The SMILES string of the molecule is COc1ccc(-c2nc(N)c(Br)cc2-c2ccncc2F)cn1. The van der Waals surface area contributed by atoms with Crippen LogP contribution < -0.4 is 10.5 Å². The Morgan fingerprint density at radius 3 is 2.65 bits per heavy atom. The molecular formula is C16H12BrFN4O. The monoisotopic (exact) mass is 374 g/mol. The highest BCUT2D eigenvalue weighted by atomic mass is 79.9. The van der Waals surface area contributed by atoms with Crippen LogP contribution in [0.2, 0.25) is 0 Å². The second-order valence-electron chi connectivity index (χ2n) is 4.70. The summed E-state index contributed by atoms with van der Waals surface area (Å²) >= 11 is 3.34. The first-order chi connectivity index (χ1) is 11.1. The van der Waals surface area contributed by atoms with Crippen LogP contribution in [0.15, 0.2) is 47.3 Å². The second-order valence-corrected chi connectivity index (χ2v) is 5.55. The van der Waals surface area contributed by atoms with Crippen LogP contribution in [0.5, 0.6) is 5.88 Å². The van der Waals surface area contributed by atoms with Gasteiger partial charge in [0, 0.05) is 35.2 Å². The van der Waals surface area contributed by atoms with E-state index in [0.29, 0.717) is 38.6 Å². The first-order valence-corrected chi connectivity index (χ1v) is 7.45. The Labute approximate surface area is 140 Å². The molecule has 0 unspecified atom stereocenters. The van der Waals surface area contributed by atoms with Crippen LogP contribution in [0.3, 0.4) is 0 Å². The molecule has 0 radical (unpaired) electrons. The van der Waals surface area contributed by atoms with Gasteiger partial charge in [0.2, 0.25) is 5.88 Å². The second kappa shape index (κ2) is 6.29. The molecule has 0 spiro atoms. The number of nitrogen functional groups attached to an aromatic ring is 1. The zero-order valence-electron chi connectivity index (χ0n) is 12.1. The lowest BCUT2D eigenvalue weighted by molar-refractivity contribution is 0.398. The minimum atomic E-state index is -0.436. The summed E-state index contributed by atoms with van der Waals surface area (Å²) in [6, 6.07) is 6.84. The third-order valence-electron chi connectivity index (χ3n) is 3.28. The first kappa shape index (κ1) is 15.4. The minimum absolute atomic E-state index is 0.314. The van der Waals surface area contributed by atoms with Crippen LogP contribution in [0.1, 0.15) is 0 Å². The third kappa shape index (κ3) is 3.00. The number of ether oxygens (including phenoxy) is 1. The molecule has 23 heavy (non-hydrogen) atoms. The summed E-state index contributed by atoms with van der Waals surface area (Å²) in [5.74, 6) is 0.359. The maximum Gasteiger partial charge on any atom is 0.212 e. The Morgan fingerprint density at radius 2 is 2.00 bits per heavy atom. The highest BCUT2D eigenvalue weighted by Gasteiger charge is 2.16. The lowest BCUT2D eigenvalue weighted by atomic mass is 10.0. The smallest absolute Gasteiger partial charge is 0.212 e. The van der Waals surface area contributed by atoms with E-state index in [2.05, 4.69) is 30.9 Å². The number of halogens is 2. The van der Waals surface area contributed by atoms with Crippen molar-refractivity contribution in [3.8, 4) is 28.3 Å². The molecule has 0 aliphatic heterocycles. The van der Waals surface area contributed by atoms with Crippen molar-refractivity contribution in [2.45, 2.75) is 0 Å². The largest absolute Gasteiger partial charge is 0.481 e. The van der Waals surface area contributed by atoms with Gasteiger partial charge >= 0.3 is 0 Å². The Morgan fingerprint density at radius 1 is 1.17 bits per heavy atom. The predicted octanol–water partition coefficient (Wildman–Crippen LogP) is 3.70. The van der Waals surface area contributed by atoms with E-state index in [4.69, 9.17) is 10.5 Å². The molecule has 0 bridgehead atoms. The van der Waals surface area contributed by atoms with Gasteiger partial charge < -0.3 is 10.5 Å². The molecule has 0 fully saturated rings. The topological polar surface area (TPSA) is 73.9 Å². The average Bonchev–Trinajstić information content (AvgIpc) is 2.58. The van der Waals surface area contributed by atoms with Gasteiger partial charge in [-0.2, -0.15) is 0 Å². The van der Waals surface area contributed by atoms with Crippen molar-refractivity contribution in [3.05, 3.63) is 53.1 Å². The summed E-state index contributed by atoms with van der Waals surface area (Å²) in [5.41, 5.74) is 8.11. The number of aromatic nitrogens is 3. The number of rotatable bonds is 3. The Hall–Kier alpha value is -2.54. The van der Waals surface area contributed by atoms with Gasteiger partial charge in [0.15, 0.2) is 0 Å². The number of anilines is 1. The van der Waals surface area contributed by atoms with Gasteiger partial charge in [0.25, 0.3) is 0 Å². The standard InChI is InChI=1S/C16H12BrFN4O/c1-23-14-3-2-9(7-21-14)15-11(6-12(17)16(19)22-15)10-4-5-20-8-13(10)18/h2-8H,1H3,(H2,19,22). The van der Waals surface area contributed by atoms with Gasteiger partial charge in [-0.3, -0.25) is 4.98 Å². The van der Waals surface area contributed by atoms with Crippen LogP contribution in [0.4, 0.5) is 10.2 Å². The minimum Gasteiger partial charge on any atom is -0.481 e. The van der Waals surface area contributed by atoms with Crippen LogP contribution >= 0.6 is 15.9 Å². The fraction of sp³-hybridized carbons (Fsp3) is 0.0625. The van der Waals surface area contributed by atoms with Crippen LogP contribution in [0.25, 0.3) is 22.4 Å². The van der Waals surface area contributed by atoms with E-state index in [1.54, 1.807) is 30.5 Å². The van der Waals surface area contributed by atoms with E-state index < -0.39 is 5.82 Å². The van der Waals surface area contributed by atoms with E-state index in [1.807, 2.05) is 0 Å². The normalized spacial score (nSPS) is 10.6. The summed E-state index contributed by atoms with van der Waals surface area (Å²) in [6.07, 6.45) is 4.30. The van der Waals surface area contributed by atoms with Gasteiger partial charge in [-0.05, 0) is 34.1 Å². The first-order valence-electron chi connectivity index (χ1n) is 6.66. The zero-order chi connectivity index (χ0) is 16.4. The maximum absolute atomic E-state index is 14.1. The number of hydrogen-bond acceptors (Lipinski definition) is 5. The van der Waals surface area contributed by atoms with Crippen molar-refractivity contribution in [3.63, 3.8) is 0 Å². The van der Waals surface area contributed by atoms with Gasteiger partial charge in [0.1, 0.15) is 11.6 Å². The van der Waals surface area contributed by atoms with Crippen LogP contribution in [-0.4, -0.2) is 22.1 Å². The Bertz CT molecular complexity index is 855. The van der Waals surface area contributed by atoms with Gasteiger partial charge in [-0.25, -0.2) is 14.4 Å². The number of hydrogen-bond donors (Lipinski definition) is 1. The van der Waals surface area contributed by atoms with Crippen molar-refractivity contribution >= 4 is 21.7 Å². The summed E-state index contributed by atoms with van der Waals surface area (Å²) in [6.45, 7) is 0. The van der Waals surface area contributed by atoms with Crippen LogP contribution in [0, 0.1) is 5.82 Å². The maximum atomic E-state index is 14.1. The van der Waals surface area contributed by atoms with Crippen molar-refractivity contribution in [1.29, 1.82) is 0 Å². The number of nitrogens with zero attached hydrogens (tertiary/aromatic N) is 3. The van der Waals surface area contributed by atoms with Crippen LogP contribution in [-0.2, 0) is 0 Å². The lowest BCUT2D eigenvalue weighted by Crippen LogP contribution is -1.99. The average molecular weight is 375 g/mol. The van der Waals surface area contributed by atoms with Crippen molar-refractivity contribution in [2.24, 2.45) is 0 Å². The lowest BCUT2D eigenvalue weighted by Gasteiger charge is -2.12. The number of methoxy groups -OCH3 is 1. The number of pyridine rings is 3. The van der Waals surface area contributed by atoms with Crippen molar-refractivity contribution < 1.29 is 9.13 Å².